The van der Waals surface area contributed by atoms with Crippen molar-refractivity contribution >= 4 is 16.9 Å². The van der Waals surface area contributed by atoms with Crippen LogP contribution >= 0.6 is 0 Å². The molecule has 7 nitrogen and oxygen atoms in total. The van der Waals surface area contributed by atoms with Gasteiger partial charge >= 0.3 is 0 Å². The number of aryl methyl sites for hydroxylation is 3. The first-order chi connectivity index (χ1) is 11.3. The number of aromatic amines is 1. The van der Waals surface area contributed by atoms with Gasteiger partial charge in [0.25, 0.3) is 5.56 Å². The molecule has 130 valence electrons. The molecule has 1 amide bonds. The molecule has 2 aromatic rings. The highest BCUT2D eigenvalue weighted by Crippen LogP contribution is 2.21. The largest absolute Gasteiger partial charge is 0.337 e. The van der Waals surface area contributed by atoms with Crippen LogP contribution in [0.4, 0.5) is 0 Å². The van der Waals surface area contributed by atoms with Crippen LogP contribution in [0.15, 0.2) is 4.79 Å². The Morgan fingerprint density at radius 2 is 2.04 bits per heavy atom. The van der Waals surface area contributed by atoms with Crippen molar-refractivity contribution in [3.63, 3.8) is 0 Å². The predicted molar refractivity (Wildman–Crippen MR) is 93.2 cm³/mol. The molecule has 1 aliphatic rings. The Balaban J connectivity index is 1.97. The number of pyridine rings is 1. The summed E-state index contributed by atoms with van der Waals surface area (Å²) in [6.45, 7) is 9.49. The van der Waals surface area contributed by atoms with E-state index in [2.05, 4.69) is 29.2 Å². The average Bonchev–Trinajstić information content (AvgIpc) is 2.80. The molecule has 7 heteroatoms. The molecule has 1 fully saturated rings. The molecule has 2 N–H and O–H groups in total. The highest BCUT2D eigenvalue weighted by Gasteiger charge is 2.29. The van der Waals surface area contributed by atoms with Gasteiger partial charge in [-0.2, -0.15) is 0 Å². The Kier molecular flexibility index (Phi) is 4.21. The van der Waals surface area contributed by atoms with Crippen LogP contribution in [0.25, 0.3) is 11.0 Å². The molecule has 2 unspecified atom stereocenters. The maximum Gasteiger partial charge on any atom is 0.273 e. The van der Waals surface area contributed by atoms with Crippen molar-refractivity contribution in [2.75, 3.05) is 13.1 Å². The fourth-order valence-electron chi connectivity index (χ4n) is 3.57. The van der Waals surface area contributed by atoms with E-state index in [4.69, 9.17) is 0 Å². The van der Waals surface area contributed by atoms with Crippen molar-refractivity contribution in [1.82, 2.24) is 25.0 Å². The lowest BCUT2D eigenvalue weighted by atomic mass is 9.99. The van der Waals surface area contributed by atoms with Gasteiger partial charge in [-0.05, 0) is 38.8 Å². The lowest BCUT2D eigenvalue weighted by molar-refractivity contribution is -0.134. The molecule has 0 spiro atoms. The number of hydrogen-bond donors (Lipinski definition) is 2. The fourth-order valence-corrected chi connectivity index (χ4v) is 3.57. The Labute approximate surface area is 141 Å². The number of rotatable bonds is 2. The summed E-state index contributed by atoms with van der Waals surface area (Å²) in [5.74, 6) is 0.0931. The van der Waals surface area contributed by atoms with Crippen LogP contribution in [0.5, 0.6) is 0 Å². The van der Waals surface area contributed by atoms with E-state index in [0.29, 0.717) is 17.6 Å². The maximum atomic E-state index is 12.8. The minimum atomic E-state index is -0.157. The second-order valence-corrected chi connectivity index (χ2v) is 6.75. The number of piperazine rings is 1. The van der Waals surface area contributed by atoms with E-state index in [1.807, 2.05) is 18.7 Å². The van der Waals surface area contributed by atoms with Crippen LogP contribution in [-0.2, 0) is 18.3 Å². The Morgan fingerprint density at radius 1 is 1.33 bits per heavy atom. The van der Waals surface area contributed by atoms with Crippen molar-refractivity contribution in [3.8, 4) is 0 Å². The number of hydrogen-bond acceptors (Lipinski definition) is 4. The quantitative estimate of drug-likeness (QED) is 0.845. The predicted octanol–water partition coefficient (Wildman–Crippen LogP) is 0.630. The molecule has 24 heavy (non-hydrogen) atoms. The van der Waals surface area contributed by atoms with Crippen molar-refractivity contribution in [3.05, 3.63) is 27.2 Å². The van der Waals surface area contributed by atoms with Gasteiger partial charge in [-0.1, -0.05) is 0 Å². The lowest BCUT2D eigenvalue weighted by Gasteiger charge is -2.38. The van der Waals surface area contributed by atoms with Crippen LogP contribution < -0.4 is 10.9 Å². The van der Waals surface area contributed by atoms with E-state index in [-0.39, 0.29) is 30.0 Å². The monoisotopic (exact) mass is 331 g/mol. The van der Waals surface area contributed by atoms with E-state index in [9.17, 15) is 9.59 Å². The molecule has 1 saturated heterocycles. The van der Waals surface area contributed by atoms with Gasteiger partial charge in [0.05, 0.1) is 11.8 Å². The zero-order chi connectivity index (χ0) is 17.6. The molecule has 0 bridgehead atoms. The van der Waals surface area contributed by atoms with Crippen molar-refractivity contribution in [2.45, 2.75) is 46.2 Å². The molecule has 1 aliphatic heterocycles. The topological polar surface area (TPSA) is 83.0 Å². The molecule has 3 heterocycles. The summed E-state index contributed by atoms with van der Waals surface area (Å²) in [5.41, 5.74) is 3.00. The van der Waals surface area contributed by atoms with Crippen molar-refractivity contribution in [2.24, 2.45) is 7.05 Å². The second-order valence-electron chi connectivity index (χ2n) is 6.75. The summed E-state index contributed by atoms with van der Waals surface area (Å²) < 4.78 is 1.63. The number of H-pyrrole nitrogens is 1. The first-order valence-corrected chi connectivity index (χ1v) is 8.39. The molecule has 0 saturated carbocycles. The molecular weight excluding hydrogens is 306 g/mol. The summed E-state index contributed by atoms with van der Waals surface area (Å²) in [4.78, 5) is 31.4. The molecule has 0 radical (unpaired) electrons. The average molecular weight is 331 g/mol. The number of carbonyl (C=O) groups is 1. The highest BCUT2D eigenvalue weighted by molar-refractivity contribution is 5.85. The summed E-state index contributed by atoms with van der Waals surface area (Å²) in [5, 5.41) is 6.69. The lowest BCUT2D eigenvalue weighted by Crippen LogP contribution is -2.57. The van der Waals surface area contributed by atoms with E-state index < -0.39 is 0 Å². The minimum absolute atomic E-state index is 0.0931. The summed E-state index contributed by atoms with van der Waals surface area (Å²) >= 11 is 0. The smallest absolute Gasteiger partial charge is 0.273 e. The van der Waals surface area contributed by atoms with Crippen LogP contribution in [0.3, 0.4) is 0 Å². The summed E-state index contributed by atoms with van der Waals surface area (Å²) in [6.07, 6.45) is 0.284. The van der Waals surface area contributed by atoms with Gasteiger partial charge in [0.1, 0.15) is 0 Å². The maximum absolute atomic E-state index is 12.8. The van der Waals surface area contributed by atoms with Crippen molar-refractivity contribution < 1.29 is 4.79 Å². The van der Waals surface area contributed by atoms with Crippen LogP contribution in [-0.4, -0.2) is 50.7 Å². The molecular formula is C17H25N5O2. The molecule has 2 aromatic heterocycles. The molecule has 0 aliphatic carbocycles. The van der Waals surface area contributed by atoms with Gasteiger partial charge in [-0.3, -0.25) is 19.4 Å². The Morgan fingerprint density at radius 3 is 2.75 bits per heavy atom. The summed E-state index contributed by atoms with van der Waals surface area (Å²) in [6, 6.07) is 0.436. The Hall–Kier alpha value is -2.15. The third kappa shape index (κ3) is 2.62. The van der Waals surface area contributed by atoms with E-state index in [1.54, 1.807) is 11.7 Å². The van der Waals surface area contributed by atoms with Crippen LogP contribution in [0.2, 0.25) is 0 Å². The zero-order valence-electron chi connectivity index (χ0n) is 14.9. The van der Waals surface area contributed by atoms with Gasteiger partial charge in [0.15, 0.2) is 5.65 Å². The standard InChI is InChI=1S/C17H25N5O2/c1-9-13(8-14(23)22-7-6-18-10(2)12(22)4)11(3)19-16-15(9)17(24)20-21(16)5/h10,12,18H,6-8H2,1-5H3,(H,20,24). The normalized spacial score (nSPS) is 21.5. The molecule has 3 rings (SSSR count). The first kappa shape index (κ1) is 16.7. The number of nitrogens with one attached hydrogen (secondary N) is 2. The first-order valence-electron chi connectivity index (χ1n) is 8.39. The van der Waals surface area contributed by atoms with E-state index in [0.717, 1.165) is 23.4 Å². The second kappa shape index (κ2) is 6.05. The third-order valence-corrected chi connectivity index (χ3v) is 5.26. The highest BCUT2D eigenvalue weighted by atomic mass is 16.2. The van der Waals surface area contributed by atoms with E-state index in [1.165, 1.54) is 0 Å². The zero-order valence-corrected chi connectivity index (χ0v) is 14.9. The summed E-state index contributed by atoms with van der Waals surface area (Å²) in [7, 11) is 1.77. The number of fused-ring (bicyclic) bond motifs is 1. The minimum Gasteiger partial charge on any atom is -0.337 e. The van der Waals surface area contributed by atoms with Gasteiger partial charge in [0, 0.05) is 37.9 Å². The van der Waals surface area contributed by atoms with E-state index >= 15 is 0 Å². The van der Waals surface area contributed by atoms with Gasteiger partial charge in [-0.25, -0.2) is 4.98 Å². The number of aromatic nitrogens is 3. The Bertz CT molecular complexity index is 851. The number of carbonyl (C=O) groups excluding carboxylic acids is 1. The SMILES string of the molecule is Cc1nc2c(c(C)c1CC(=O)N1CCNC(C)C1C)c(=O)[nH]n2C. The van der Waals surface area contributed by atoms with Crippen LogP contribution in [0, 0.1) is 13.8 Å². The fraction of sp³-hybridized carbons (Fsp3) is 0.588. The number of nitrogens with zero attached hydrogens (tertiary/aromatic N) is 3. The van der Waals surface area contributed by atoms with Gasteiger partial charge in [-0.15, -0.1) is 0 Å². The third-order valence-electron chi connectivity index (χ3n) is 5.26. The van der Waals surface area contributed by atoms with Gasteiger partial charge < -0.3 is 10.2 Å². The van der Waals surface area contributed by atoms with Crippen molar-refractivity contribution in [1.29, 1.82) is 0 Å². The molecule has 0 aromatic carbocycles. The number of amides is 1. The molecule has 2 atom stereocenters. The van der Waals surface area contributed by atoms with Crippen LogP contribution in [0.1, 0.15) is 30.7 Å². The van der Waals surface area contributed by atoms with Gasteiger partial charge in [0.2, 0.25) is 5.91 Å².